The highest BCUT2D eigenvalue weighted by atomic mass is 32.2. The summed E-state index contributed by atoms with van der Waals surface area (Å²) < 4.78 is 5.27. The second kappa shape index (κ2) is 8.48. The van der Waals surface area contributed by atoms with Gasteiger partial charge in [0.05, 0.1) is 16.8 Å². The third-order valence-corrected chi connectivity index (χ3v) is 5.31. The average Bonchev–Trinajstić information content (AvgIpc) is 3.33. The molecule has 0 saturated carbocycles. The monoisotopic (exact) mass is 407 g/mol. The molecule has 0 fully saturated rings. The molecular formula is C21H21N5O2S. The third-order valence-electron chi connectivity index (χ3n) is 4.44. The Kier molecular flexibility index (Phi) is 5.62. The SMILES string of the molecule is Cc1ccc(NC(=O)CCc2nc(CSc3nc4ccccc4[nH]3)no2)c(C)c1. The van der Waals surface area contributed by atoms with Gasteiger partial charge in [0.15, 0.2) is 11.0 Å². The first-order valence-electron chi connectivity index (χ1n) is 9.33. The molecule has 8 heteroatoms. The van der Waals surface area contributed by atoms with Crippen molar-refractivity contribution in [3.05, 3.63) is 65.3 Å². The van der Waals surface area contributed by atoms with Crippen LogP contribution in [-0.2, 0) is 17.0 Å². The van der Waals surface area contributed by atoms with Crippen LogP contribution in [0.25, 0.3) is 11.0 Å². The standard InChI is InChI=1S/C21H21N5O2S/c1-13-7-8-15(14(2)11-13)22-19(27)9-10-20-25-18(26-28-20)12-29-21-23-16-5-3-4-6-17(16)24-21/h3-8,11H,9-10,12H2,1-2H3,(H,22,27)(H,23,24). The van der Waals surface area contributed by atoms with Gasteiger partial charge in [0, 0.05) is 18.5 Å². The number of para-hydroxylation sites is 2. The minimum Gasteiger partial charge on any atom is -0.339 e. The molecule has 0 bridgehead atoms. The number of fused-ring (bicyclic) bond motifs is 1. The van der Waals surface area contributed by atoms with Crippen molar-refractivity contribution in [2.45, 2.75) is 37.6 Å². The van der Waals surface area contributed by atoms with E-state index in [4.69, 9.17) is 4.52 Å². The van der Waals surface area contributed by atoms with Crippen LogP contribution in [0.1, 0.15) is 29.3 Å². The normalized spacial score (nSPS) is 11.1. The summed E-state index contributed by atoms with van der Waals surface area (Å²) >= 11 is 1.51. The summed E-state index contributed by atoms with van der Waals surface area (Å²) in [7, 11) is 0. The Hall–Kier alpha value is -3.13. The van der Waals surface area contributed by atoms with Gasteiger partial charge < -0.3 is 14.8 Å². The topological polar surface area (TPSA) is 96.7 Å². The number of nitrogens with zero attached hydrogens (tertiary/aromatic N) is 3. The number of hydrogen-bond donors (Lipinski definition) is 2. The summed E-state index contributed by atoms with van der Waals surface area (Å²) in [6.07, 6.45) is 0.685. The van der Waals surface area contributed by atoms with E-state index in [0.717, 1.165) is 27.4 Å². The van der Waals surface area contributed by atoms with Gasteiger partial charge in [0.25, 0.3) is 0 Å². The molecule has 0 spiro atoms. The van der Waals surface area contributed by atoms with Crippen molar-refractivity contribution in [1.82, 2.24) is 20.1 Å². The van der Waals surface area contributed by atoms with E-state index in [9.17, 15) is 4.79 Å². The van der Waals surface area contributed by atoms with E-state index < -0.39 is 0 Å². The van der Waals surface area contributed by atoms with Crippen molar-refractivity contribution >= 4 is 34.4 Å². The molecule has 4 aromatic rings. The van der Waals surface area contributed by atoms with Crippen molar-refractivity contribution in [2.75, 3.05) is 5.32 Å². The molecule has 2 heterocycles. The van der Waals surface area contributed by atoms with E-state index in [1.807, 2.05) is 56.3 Å². The number of rotatable bonds is 7. The van der Waals surface area contributed by atoms with E-state index in [0.29, 0.717) is 23.9 Å². The minimum atomic E-state index is -0.0756. The van der Waals surface area contributed by atoms with Crippen LogP contribution in [0.15, 0.2) is 52.1 Å². The molecule has 0 aliphatic rings. The van der Waals surface area contributed by atoms with Crippen molar-refractivity contribution in [2.24, 2.45) is 0 Å². The lowest BCUT2D eigenvalue weighted by Crippen LogP contribution is -2.13. The Morgan fingerprint density at radius 1 is 1.17 bits per heavy atom. The molecular weight excluding hydrogens is 386 g/mol. The lowest BCUT2D eigenvalue weighted by molar-refractivity contribution is -0.116. The van der Waals surface area contributed by atoms with Gasteiger partial charge in [0.1, 0.15) is 0 Å². The number of thioether (sulfide) groups is 1. The molecule has 0 aliphatic heterocycles. The molecule has 0 unspecified atom stereocenters. The molecule has 0 radical (unpaired) electrons. The zero-order valence-electron chi connectivity index (χ0n) is 16.2. The highest BCUT2D eigenvalue weighted by Crippen LogP contribution is 2.22. The first kappa shape index (κ1) is 19.2. The van der Waals surface area contributed by atoms with Crippen molar-refractivity contribution in [1.29, 1.82) is 0 Å². The predicted octanol–water partition coefficient (Wildman–Crippen LogP) is 4.43. The van der Waals surface area contributed by atoms with Crippen molar-refractivity contribution in [3.8, 4) is 0 Å². The van der Waals surface area contributed by atoms with Crippen molar-refractivity contribution < 1.29 is 9.32 Å². The largest absolute Gasteiger partial charge is 0.339 e. The van der Waals surface area contributed by atoms with Crippen LogP contribution in [0, 0.1) is 13.8 Å². The number of aryl methyl sites for hydroxylation is 3. The van der Waals surface area contributed by atoms with Crippen molar-refractivity contribution in [3.63, 3.8) is 0 Å². The van der Waals surface area contributed by atoms with Crippen LogP contribution in [-0.4, -0.2) is 26.0 Å². The molecule has 29 heavy (non-hydrogen) atoms. The van der Waals surface area contributed by atoms with Crippen LogP contribution in [0.2, 0.25) is 0 Å². The van der Waals surface area contributed by atoms with Crippen LogP contribution in [0.5, 0.6) is 0 Å². The number of imidazole rings is 1. The molecule has 2 aromatic heterocycles. The number of carbonyl (C=O) groups is 1. The van der Waals surface area contributed by atoms with E-state index >= 15 is 0 Å². The van der Waals surface area contributed by atoms with Crippen LogP contribution >= 0.6 is 11.8 Å². The summed E-state index contributed by atoms with van der Waals surface area (Å²) in [5.41, 5.74) is 4.96. The zero-order valence-corrected chi connectivity index (χ0v) is 17.0. The summed E-state index contributed by atoms with van der Waals surface area (Å²) in [5.74, 6) is 1.51. The smallest absolute Gasteiger partial charge is 0.227 e. The molecule has 0 atom stereocenters. The quantitative estimate of drug-likeness (QED) is 0.440. The van der Waals surface area contributed by atoms with Gasteiger partial charge in [-0.1, -0.05) is 46.7 Å². The Morgan fingerprint density at radius 2 is 2.03 bits per heavy atom. The zero-order chi connectivity index (χ0) is 20.2. The number of benzene rings is 2. The molecule has 4 rings (SSSR count). The minimum absolute atomic E-state index is 0.0756. The van der Waals surface area contributed by atoms with E-state index in [1.165, 1.54) is 17.3 Å². The molecule has 1 amide bonds. The van der Waals surface area contributed by atoms with Gasteiger partial charge in [-0.05, 0) is 37.6 Å². The number of aromatic amines is 1. The van der Waals surface area contributed by atoms with Gasteiger partial charge >= 0.3 is 0 Å². The second-order valence-corrected chi connectivity index (χ2v) is 7.78. The molecule has 0 aliphatic carbocycles. The van der Waals surface area contributed by atoms with E-state index in [2.05, 4.69) is 25.4 Å². The van der Waals surface area contributed by atoms with E-state index in [-0.39, 0.29) is 12.3 Å². The first-order chi connectivity index (χ1) is 14.1. The lowest BCUT2D eigenvalue weighted by atomic mass is 10.1. The summed E-state index contributed by atoms with van der Waals surface area (Å²) in [4.78, 5) is 24.3. The number of carbonyl (C=O) groups excluding carboxylic acids is 1. The number of anilines is 1. The summed E-state index contributed by atoms with van der Waals surface area (Å²) in [6.45, 7) is 4.00. The Labute approximate surface area is 172 Å². The number of H-pyrrole nitrogens is 1. The fraction of sp³-hybridized carbons (Fsp3) is 0.238. The third kappa shape index (κ3) is 4.83. The number of nitrogens with one attached hydrogen (secondary N) is 2. The molecule has 0 saturated heterocycles. The Morgan fingerprint density at radius 3 is 2.86 bits per heavy atom. The molecule has 7 nitrogen and oxygen atoms in total. The second-order valence-electron chi connectivity index (χ2n) is 6.82. The number of aromatic nitrogens is 4. The highest BCUT2D eigenvalue weighted by Gasteiger charge is 2.12. The van der Waals surface area contributed by atoms with Gasteiger partial charge in [-0.15, -0.1) is 0 Å². The fourth-order valence-corrected chi connectivity index (χ4v) is 3.70. The van der Waals surface area contributed by atoms with Gasteiger partial charge in [-0.2, -0.15) is 4.98 Å². The summed E-state index contributed by atoms with van der Waals surface area (Å²) in [6, 6.07) is 13.8. The number of hydrogen-bond acceptors (Lipinski definition) is 6. The highest BCUT2D eigenvalue weighted by molar-refractivity contribution is 7.98. The predicted molar refractivity (Wildman–Crippen MR) is 113 cm³/mol. The van der Waals surface area contributed by atoms with Gasteiger partial charge in [-0.3, -0.25) is 4.79 Å². The molecule has 2 N–H and O–H groups in total. The molecule has 148 valence electrons. The van der Waals surface area contributed by atoms with Gasteiger partial charge in [-0.25, -0.2) is 4.98 Å². The maximum Gasteiger partial charge on any atom is 0.227 e. The van der Waals surface area contributed by atoms with E-state index in [1.54, 1.807) is 0 Å². The fourth-order valence-electron chi connectivity index (χ4n) is 2.97. The van der Waals surface area contributed by atoms with Crippen LogP contribution in [0.3, 0.4) is 0 Å². The molecule has 2 aromatic carbocycles. The average molecular weight is 407 g/mol. The first-order valence-corrected chi connectivity index (χ1v) is 10.3. The maximum atomic E-state index is 12.2. The van der Waals surface area contributed by atoms with Crippen LogP contribution in [0.4, 0.5) is 5.69 Å². The maximum absolute atomic E-state index is 12.2. The Bertz CT molecular complexity index is 1120. The summed E-state index contributed by atoms with van der Waals surface area (Å²) in [5, 5.41) is 7.73. The van der Waals surface area contributed by atoms with Crippen LogP contribution < -0.4 is 5.32 Å². The van der Waals surface area contributed by atoms with Gasteiger partial charge in [0.2, 0.25) is 11.8 Å². The lowest BCUT2D eigenvalue weighted by Gasteiger charge is -2.08. The Balaban J connectivity index is 1.28. The number of amides is 1.